The van der Waals surface area contributed by atoms with Gasteiger partial charge in [0, 0.05) is 21.4 Å². The second kappa shape index (κ2) is 4.06. The highest BCUT2D eigenvalue weighted by molar-refractivity contribution is 9.10. The van der Waals surface area contributed by atoms with Crippen LogP contribution in [0.4, 0.5) is 0 Å². The van der Waals surface area contributed by atoms with Crippen LogP contribution >= 0.6 is 15.9 Å². The third kappa shape index (κ3) is 1.90. The first kappa shape index (κ1) is 10.2. The number of benzene rings is 1. The van der Waals surface area contributed by atoms with E-state index in [0.29, 0.717) is 12.3 Å². The van der Waals surface area contributed by atoms with Crippen molar-refractivity contribution in [3.8, 4) is 0 Å². The molecule has 0 bridgehead atoms. The van der Waals surface area contributed by atoms with E-state index in [1.807, 2.05) is 18.2 Å². The Bertz CT molecular complexity index is 504. The minimum Gasteiger partial charge on any atom is -0.461 e. The summed E-state index contributed by atoms with van der Waals surface area (Å²) in [4.78, 5) is 14.5. The van der Waals surface area contributed by atoms with Crippen LogP contribution in [-0.2, 0) is 4.74 Å². The molecule has 4 heteroatoms. The highest BCUT2D eigenvalue weighted by atomic mass is 79.9. The number of H-pyrrole nitrogens is 1. The van der Waals surface area contributed by atoms with E-state index < -0.39 is 0 Å². The lowest BCUT2D eigenvalue weighted by Crippen LogP contribution is -2.05. The summed E-state index contributed by atoms with van der Waals surface area (Å²) in [6, 6.07) is 5.78. The van der Waals surface area contributed by atoms with Crippen LogP contribution in [-0.4, -0.2) is 17.6 Å². The van der Waals surface area contributed by atoms with E-state index in [9.17, 15) is 4.79 Å². The number of hydrogen-bond donors (Lipinski definition) is 1. The van der Waals surface area contributed by atoms with E-state index in [-0.39, 0.29) is 5.97 Å². The van der Waals surface area contributed by atoms with Gasteiger partial charge in [-0.1, -0.05) is 22.0 Å². The van der Waals surface area contributed by atoms with Crippen LogP contribution in [0.1, 0.15) is 17.4 Å². The Morgan fingerprint density at radius 1 is 1.53 bits per heavy atom. The Kier molecular flexibility index (Phi) is 2.77. The zero-order valence-corrected chi connectivity index (χ0v) is 9.80. The lowest BCUT2D eigenvalue weighted by Gasteiger charge is -1.99. The highest BCUT2D eigenvalue weighted by Crippen LogP contribution is 2.23. The molecule has 0 atom stereocenters. The molecule has 0 aliphatic carbocycles. The third-order valence-electron chi connectivity index (χ3n) is 2.14. The number of aromatic amines is 1. The number of rotatable bonds is 2. The van der Waals surface area contributed by atoms with E-state index in [0.717, 1.165) is 15.2 Å². The first-order chi connectivity index (χ1) is 7.22. The van der Waals surface area contributed by atoms with Crippen LogP contribution in [0.5, 0.6) is 0 Å². The molecule has 2 aromatic rings. The Hall–Kier alpha value is -1.29. The molecule has 2 rings (SSSR count). The van der Waals surface area contributed by atoms with Crippen molar-refractivity contribution >= 4 is 32.7 Å². The first-order valence-electron chi connectivity index (χ1n) is 4.66. The lowest BCUT2D eigenvalue weighted by atomic mass is 10.2. The van der Waals surface area contributed by atoms with Crippen LogP contribution < -0.4 is 0 Å². The van der Waals surface area contributed by atoms with Gasteiger partial charge in [-0.3, -0.25) is 0 Å². The van der Waals surface area contributed by atoms with Gasteiger partial charge >= 0.3 is 5.97 Å². The second-order valence-electron chi connectivity index (χ2n) is 3.12. The predicted octanol–water partition coefficient (Wildman–Crippen LogP) is 3.11. The average molecular weight is 268 g/mol. The molecular formula is C11H10BrNO2. The van der Waals surface area contributed by atoms with Crippen molar-refractivity contribution in [1.82, 2.24) is 4.98 Å². The van der Waals surface area contributed by atoms with Gasteiger partial charge in [0.1, 0.15) is 5.69 Å². The van der Waals surface area contributed by atoms with Crippen molar-refractivity contribution < 1.29 is 9.53 Å². The maximum absolute atomic E-state index is 11.6. The van der Waals surface area contributed by atoms with Crippen molar-refractivity contribution in [2.45, 2.75) is 6.92 Å². The summed E-state index contributed by atoms with van der Waals surface area (Å²) in [5.74, 6) is -0.314. The minimum absolute atomic E-state index is 0.314. The number of carbonyl (C=O) groups is 1. The molecule has 0 saturated carbocycles. The molecule has 1 aromatic carbocycles. The molecule has 3 nitrogen and oxygen atoms in total. The van der Waals surface area contributed by atoms with Gasteiger partial charge in [-0.25, -0.2) is 4.79 Å². The molecule has 1 aromatic heterocycles. The number of halogens is 1. The van der Waals surface area contributed by atoms with E-state index in [1.165, 1.54) is 0 Å². The van der Waals surface area contributed by atoms with Gasteiger partial charge in [-0.05, 0) is 19.1 Å². The maximum atomic E-state index is 11.6. The predicted molar refractivity (Wildman–Crippen MR) is 62.0 cm³/mol. The summed E-state index contributed by atoms with van der Waals surface area (Å²) in [5, 5.41) is 1.88. The zero-order chi connectivity index (χ0) is 10.8. The molecule has 1 heterocycles. The minimum atomic E-state index is -0.314. The number of esters is 1. The molecule has 78 valence electrons. The van der Waals surface area contributed by atoms with E-state index in [2.05, 4.69) is 20.9 Å². The molecule has 1 N–H and O–H groups in total. The van der Waals surface area contributed by atoms with Gasteiger partial charge in [0.05, 0.1) is 6.61 Å². The maximum Gasteiger partial charge on any atom is 0.355 e. The van der Waals surface area contributed by atoms with Gasteiger partial charge in [0.2, 0.25) is 0 Å². The Morgan fingerprint density at radius 3 is 3.07 bits per heavy atom. The SMILES string of the molecule is CCOC(=O)c1[nH]cc2ccc(Br)cc12. The monoisotopic (exact) mass is 267 g/mol. The number of aromatic nitrogens is 1. The fraction of sp³-hybridized carbons (Fsp3) is 0.182. The van der Waals surface area contributed by atoms with Crippen LogP contribution in [0.25, 0.3) is 10.8 Å². The van der Waals surface area contributed by atoms with Crippen molar-refractivity contribution in [1.29, 1.82) is 0 Å². The van der Waals surface area contributed by atoms with Crippen LogP contribution in [0.15, 0.2) is 28.9 Å². The van der Waals surface area contributed by atoms with Crippen molar-refractivity contribution in [3.05, 3.63) is 34.6 Å². The third-order valence-corrected chi connectivity index (χ3v) is 2.63. The fourth-order valence-corrected chi connectivity index (χ4v) is 1.83. The quantitative estimate of drug-likeness (QED) is 0.850. The summed E-state index contributed by atoms with van der Waals surface area (Å²) in [6.07, 6.45) is 1.80. The standard InChI is InChI=1S/C11H10BrNO2/c1-2-15-11(14)10-9-5-8(12)4-3-7(9)6-13-10/h3-6,13H,2H2,1H3. The molecule has 0 saturated heterocycles. The van der Waals surface area contributed by atoms with Crippen LogP contribution in [0.2, 0.25) is 0 Å². The van der Waals surface area contributed by atoms with Crippen LogP contribution in [0, 0.1) is 0 Å². The first-order valence-corrected chi connectivity index (χ1v) is 5.45. The van der Waals surface area contributed by atoms with Gasteiger partial charge in [0.15, 0.2) is 0 Å². The van der Waals surface area contributed by atoms with Gasteiger partial charge < -0.3 is 9.72 Å². The van der Waals surface area contributed by atoms with Crippen molar-refractivity contribution in [2.75, 3.05) is 6.61 Å². The van der Waals surface area contributed by atoms with Gasteiger partial charge in [-0.2, -0.15) is 0 Å². The van der Waals surface area contributed by atoms with Crippen molar-refractivity contribution in [2.24, 2.45) is 0 Å². The van der Waals surface area contributed by atoms with Crippen LogP contribution in [0.3, 0.4) is 0 Å². The summed E-state index contributed by atoms with van der Waals surface area (Å²) < 4.78 is 5.89. The number of hydrogen-bond acceptors (Lipinski definition) is 2. The van der Waals surface area contributed by atoms with E-state index in [1.54, 1.807) is 13.1 Å². The van der Waals surface area contributed by atoms with Gasteiger partial charge in [-0.15, -0.1) is 0 Å². The normalized spacial score (nSPS) is 10.5. The molecule has 0 aliphatic heterocycles. The Labute approximate surface area is 95.6 Å². The van der Waals surface area contributed by atoms with Gasteiger partial charge in [0.25, 0.3) is 0 Å². The molecule has 0 aliphatic rings. The number of carbonyl (C=O) groups excluding carboxylic acids is 1. The summed E-state index contributed by atoms with van der Waals surface area (Å²) in [5.41, 5.74) is 0.508. The second-order valence-corrected chi connectivity index (χ2v) is 4.03. The molecule has 0 unspecified atom stereocenters. The molecule has 0 radical (unpaired) electrons. The molecular weight excluding hydrogens is 258 g/mol. The zero-order valence-electron chi connectivity index (χ0n) is 8.21. The summed E-state index contributed by atoms with van der Waals surface area (Å²) in [7, 11) is 0. The highest BCUT2D eigenvalue weighted by Gasteiger charge is 2.12. The topological polar surface area (TPSA) is 42.1 Å². The van der Waals surface area contributed by atoms with Crippen molar-refractivity contribution in [3.63, 3.8) is 0 Å². The Balaban J connectivity index is 2.52. The molecule has 0 fully saturated rings. The van der Waals surface area contributed by atoms with E-state index >= 15 is 0 Å². The Morgan fingerprint density at radius 2 is 2.33 bits per heavy atom. The molecule has 0 spiro atoms. The average Bonchev–Trinajstić information content (AvgIpc) is 2.60. The molecule has 15 heavy (non-hydrogen) atoms. The number of ether oxygens (including phenoxy) is 1. The largest absolute Gasteiger partial charge is 0.461 e. The smallest absolute Gasteiger partial charge is 0.355 e. The lowest BCUT2D eigenvalue weighted by molar-refractivity contribution is 0.0522. The summed E-state index contributed by atoms with van der Waals surface area (Å²) in [6.45, 7) is 2.17. The number of nitrogens with one attached hydrogen (secondary N) is 1. The summed E-state index contributed by atoms with van der Waals surface area (Å²) >= 11 is 3.37. The fourth-order valence-electron chi connectivity index (χ4n) is 1.47. The van der Waals surface area contributed by atoms with E-state index in [4.69, 9.17) is 4.74 Å². The number of fused-ring (bicyclic) bond motifs is 1. The molecule has 0 amide bonds.